The number of unbranched alkanes of at least 4 members (excludes halogenated alkanes) is 1. The van der Waals surface area contributed by atoms with Gasteiger partial charge >= 0.3 is 0 Å². The lowest BCUT2D eigenvalue weighted by molar-refractivity contribution is 0.111. The average molecular weight is 321 g/mol. The fourth-order valence-corrected chi connectivity index (χ4v) is 2.28. The number of halogens is 1. The molecule has 0 atom stereocenters. The normalized spacial score (nSPS) is 10.6. The molecule has 1 aromatic heterocycles. The van der Waals surface area contributed by atoms with Crippen molar-refractivity contribution in [2.45, 2.75) is 32.7 Å². The van der Waals surface area contributed by atoms with Crippen LogP contribution in [0.2, 0.25) is 0 Å². The summed E-state index contributed by atoms with van der Waals surface area (Å²) in [5, 5.41) is 0. The molecule has 0 aliphatic heterocycles. The summed E-state index contributed by atoms with van der Waals surface area (Å²) in [5.74, 6) is 0.992. The summed E-state index contributed by atoms with van der Waals surface area (Å²) in [6.45, 7) is 2.85. The van der Waals surface area contributed by atoms with Crippen LogP contribution < -0.4 is 0 Å². The van der Waals surface area contributed by atoms with E-state index >= 15 is 0 Å². The van der Waals surface area contributed by atoms with Gasteiger partial charge in [-0.1, -0.05) is 41.4 Å². The predicted molar refractivity (Wildman–Crippen MR) is 79.5 cm³/mol. The number of imidazole rings is 1. The van der Waals surface area contributed by atoms with Crippen LogP contribution in [-0.2, 0) is 13.0 Å². The molecule has 0 saturated heterocycles. The van der Waals surface area contributed by atoms with Crippen molar-refractivity contribution in [3.8, 4) is 0 Å². The molecule has 1 heterocycles. The summed E-state index contributed by atoms with van der Waals surface area (Å²) < 4.78 is 3.06. The maximum atomic E-state index is 11.1. The van der Waals surface area contributed by atoms with Gasteiger partial charge in [-0.15, -0.1) is 0 Å². The second-order valence-corrected chi connectivity index (χ2v) is 5.45. The second-order valence-electron chi connectivity index (χ2n) is 4.53. The van der Waals surface area contributed by atoms with E-state index in [1.807, 2.05) is 16.7 Å². The van der Waals surface area contributed by atoms with Gasteiger partial charge in [0, 0.05) is 17.4 Å². The van der Waals surface area contributed by atoms with E-state index in [0.29, 0.717) is 12.2 Å². The van der Waals surface area contributed by atoms with Crippen LogP contribution in [0.3, 0.4) is 0 Å². The van der Waals surface area contributed by atoms with Gasteiger partial charge in [0.1, 0.15) is 11.5 Å². The molecular formula is C15H17BrN2O. The number of benzene rings is 1. The summed E-state index contributed by atoms with van der Waals surface area (Å²) in [6.07, 6.45) is 5.68. The van der Waals surface area contributed by atoms with Crippen LogP contribution in [0.15, 0.2) is 34.9 Å². The number of hydrogen-bond acceptors (Lipinski definition) is 2. The Bertz CT molecular complexity index is 546. The predicted octanol–water partition coefficient (Wildman–Crippen LogP) is 3.85. The zero-order chi connectivity index (χ0) is 13.7. The summed E-state index contributed by atoms with van der Waals surface area (Å²) in [5.41, 5.74) is 1.82. The second kappa shape index (κ2) is 6.66. The Hall–Kier alpha value is -1.42. The Balaban J connectivity index is 2.23. The molecule has 0 radical (unpaired) electrons. The molecular weight excluding hydrogens is 304 g/mol. The summed E-state index contributed by atoms with van der Waals surface area (Å²) in [4.78, 5) is 15.5. The highest BCUT2D eigenvalue weighted by Gasteiger charge is 2.09. The summed E-state index contributed by atoms with van der Waals surface area (Å²) >= 11 is 3.42. The highest BCUT2D eigenvalue weighted by molar-refractivity contribution is 9.10. The van der Waals surface area contributed by atoms with Crippen LogP contribution in [0, 0.1) is 0 Å². The lowest BCUT2D eigenvalue weighted by Crippen LogP contribution is -2.08. The number of rotatable bonds is 6. The Morgan fingerprint density at radius 3 is 2.68 bits per heavy atom. The molecule has 0 fully saturated rings. The van der Waals surface area contributed by atoms with Crippen molar-refractivity contribution >= 4 is 22.2 Å². The van der Waals surface area contributed by atoms with Gasteiger partial charge in [-0.25, -0.2) is 4.98 Å². The quantitative estimate of drug-likeness (QED) is 0.758. The van der Waals surface area contributed by atoms with Gasteiger partial charge in [-0.3, -0.25) is 4.79 Å². The molecule has 4 heteroatoms. The lowest BCUT2D eigenvalue weighted by Gasteiger charge is -2.09. The molecule has 1 aromatic carbocycles. The van der Waals surface area contributed by atoms with Crippen LogP contribution >= 0.6 is 15.9 Å². The van der Waals surface area contributed by atoms with Crippen molar-refractivity contribution < 1.29 is 4.79 Å². The van der Waals surface area contributed by atoms with Crippen LogP contribution in [0.25, 0.3) is 0 Å². The third-order valence-corrected chi connectivity index (χ3v) is 3.63. The average Bonchev–Trinajstić information content (AvgIpc) is 2.81. The molecule has 3 nitrogen and oxygen atoms in total. The minimum atomic E-state index is 0.647. The highest BCUT2D eigenvalue weighted by Crippen LogP contribution is 2.14. The minimum Gasteiger partial charge on any atom is -0.321 e. The van der Waals surface area contributed by atoms with Crippen LogP contribution in [0.4, 0.5) is 0 Å². The van der Waals surface area contributed by atoms with Gasteiger partial charge in [-0.2, -0.15) is 0 Å². The van der Waals surface area contributed by atoms with E-state index in [0.717, 1.165) is 35.8 Å². The van der Waals surface area contributed by atoms with Gasteiger partial charge in [0.05, 0.1) is 6.20 Å². The fourth-order valence-electron chi connectivity index (χ4n) is 2.01. The molecule has 2 aromatic rings. The number of hydrogen-bond donors (Lipinski definition) is 0. The first-order valence-corrected chi connectivity index (χ1v) is 7.28. The van der Waals surface area contributed by atoms with E-state index in [-0.39, 0.29) is 0 Å². The topological polar surface area (TPSA) is 34.9 Å². The van der Waals surface area contributed by atoms with E-state index in [1.54, 1.807) is 6.20 Å². The molecule has 0 bridgehead atoms. The third-order valence-electron chi connectivity index (χ3n) is 3.10. The fraction of sp³-hybridized carbons (Fsp3) is 0.333. The van der Waals surface area contributed by atoms with Crippen molar-refractivity contribution in [3.05, 3.63) is 52.0 Å². The minimum absolute atomic E-state index is 0.647. The molecule has 0 spiro atoms. The van der Waals surface area contributed by atoms with Crippen molar-refractivity contribution in [3.63, 3.8) is 0 Å². The van der Waals surface area contributed by atoms with E-state index in [4.69, 9.17) is 0 Å². The van der Waals surface area contributed by atoms with Gasteiger partial charge in [0.2, 0.25) is 0 Å². The maximum Gasteiger partial charge on any atom is 0.168 e. The monoisotopic (exact) mass is 320 g/mol. The van der Waals surface area contributed by atoms with Crippen molar-refractivity contribution in [2.24, 2.45) is 0 Å². The van der Waals surface area contributed by atoms with Crippen molar-refractivity contribution in [2.75, 3.05) is 0 Å². The number of aromatic nitrogens is 2. The van der Waals surface area contributed by atoms with Gasteiger partial charge in [0.15, 0.2) is 6.29 Å². The molecule has 100 valence electrons. The molecule has 0 N–H and O–H groups in total. The number of aryl methyl sites for hydroxylation is 1. The summed E-state index contributed by atoms with van der Waals surface area (Å²) in [6, 6.07) is 8.14. The van der Waals surface area contributed by atoms with E-state index < -0.39 is 0 Å². The highest BCUT2D eigenvalue weighted by atomic mass is 79.9. The first-order chi connectivity index (χ1) is 9.24. The van der Waals surface area contributed by atoms with Gasteiger partial charge in [-0.05, 0) is 24.1 Å². The maximum absolute atomic E-state index is 11.1. The van der Waals surface area contributed by atoms with Crippen LogP contribution in [0.1, 0.15) is 41.6 Å². The molecule has 0 unspecified atom stereocenters. The number of carbonyl (C=O) groups excluding carboxylic acids is 1. The smallest absolute Gasteiger partial charge is 0.168 e. The molecule has 0 saturated carbocycles. The Labute approximate surface area is 121 Å². The molecule has 0 amide bonds. The Kier molecular flexibility index (Phi) is 4.91. The largest absolute Gasteiger partial charge is 0.321 e. The van der Waals surface area contributed by atoms with Crippen molar-refractivity contribution in [1.29, 1.82) is 0 Å². The van der Waals surface area contributed by atoms with Gasteiger partial charge in [0.25, 0.3) is 0 Å². The van der Waals surface area contributed by atoms with Gasteiger partial charge < -0.3 is 4.57 Å². The standard InChI is InChI=1S/C15H17BrN2O/c1-2-3-4-15-17-9-14(11-19)18(15)10-12-5-7-13(16)8-6-12/h5-9,11H,2-4,10H2,1H3. The first kappa shape index (κ1) is 14.0. The van der Waals surface area contributed by atoms with E-state index in [1.165, 1.54) is 5.56 Å². The van der Waals surface area contributed by atoms with Crippen molar-refractivity contribution in [1.82, 2.24) is 9.55 Å². The van der Waals surface area contributed by atoms with Crippen LogP contribution in [0.5, 0.6) is 0 Å². The first-order valence-electron chi connectivity index (χ1n) is 6.48. The number of nitrogens with zero attached hydrogens (tertiary/aromatic N) is 2. The molecule has 0 aliphatic rings. The third kappa shape index (κ3) is 3.53. The molecule has 0 aliphatic carbocycles. The zero-order valence-corrected chi connectivity index (χ0v) is 12.6. The molecule has 19 heavy (non-hydrogen) atoms. The van der Waals surface area contributed by atoms with E-state index in [9.17, 15) is 4.79 Å². The number of aldehydes is 1. The summed E-state index contributed by atoms with van der Waals surface area (Å²) in [7, 11) is 0. The zero-order valence-electron chi connectivity index (χ0n) is 11.0. The Morgan fingerprint density at radius 1 is 1.32 bits per heavy atom. The Morgan fingerprint density at radius 2 is 2.05 bits per heavy atom. The number of carbonyl (C=O) groups is 1. The van der Waals surface area contributed by atoms with Crippen LogP contribution in [-0.4, -0.2) is 15.8 Å². The SMILES string of the molecule is CCCCc1ncc(C=O)n1Cc1ccc(Br)cc1. The lowest BCUT2D eigenvalue weighted by atomic mass is 10.2. The van der Waals surface area contributed by atoms with E-state index in [2.05, 4.69) is 40.0 Å². The molecule has 2 rings (SSSR count).